The zero-order valence-corrected chi connectivity index (χ0v) is 16.1. The summed E-state index contributed by atoms with van der Waals surface area (Å²) in [5.41, 5.74) is 1.66. The highest BCUT2D eigenvalue weighted by molar-refractivity contribution is 9.10. The van der Waals surface area contributed by atoms with Crippen molar-refractivity contribution in [3.8, 4) is 11.4 Å². The second-order valence-corrected chi connectivity index (χ2v) is 6.70. The first-order chi connectivity index (χ1) is 13.7. The van der Waals surface area contributed by atoms with Gasteiger partial charge in [-0.2, -0.15) is 4.68 Å². The third kappa shape index (κ3) is 3.91. The van der Waals surface area contributed by atoms with Crippen LogP contribution in [-0.4, -0.2) is 26.1 Å². The van der Waals surface area contributed by atoms with E-state index in [1.807, 2.05) is 42.5 Å². The van der Waals surface area contributed by atoms with Gasteiger partial charge in [0.1, 0.15) is 11.5 Å². The highest BCUT2D eigenvalue weighted by atomic mass is 79.9. The van der Waals surface area contributed by atoms with Gasteiger partial charge < -0.3 is 9.73 Å². The molecule has 0 aliphatic rings. The summed E-state index contributed by atoms with van der Waals surface area (Å²) < 4.78 is 7.69. The topological polar surface area (TPSA) is 85.8 Å². The lowest BCUT2D eigenvalue weighted by molar-refractivity contribution is -0.111. The SMILES string of the molecule is O=C(Nc1ccc(Br)cc1)/C(=C\c1ccco1)n1nnnc1-c1ccccc1. The largest absolute Gasteiger partial charge is 0.465 e. The molecule has 4 aromatic rings. The zero-order chi connectivity index (χ0) is 19.3. The van der Waals surface area contributed by atoms with E-state index >= 15 is 0 Å². The predicted octanol–water partition coefficient (Wildman–Crippen LogP) is 4.33. The molecule has 0 aliphatic heterocycles. The lowest BCUT2D eigenvalue weighted by atomic mass is 10.2. The molecule has 0 aliphatic carbocycles. The fourth-order valence-corrected chi connectivity index (χ4v) is 2.84. The summed E-state index contributed by atoms with van der Waals surface area (Å²) in [4.78, 5) is 13.1. The Morgan fingerprint density at radius 3 is 2.54 bits per heavy atom. The lowest BCUT2D eigenvalue weighted by Gasteiger charge is -2.10. The molecule has 0 fully saturated rings. The number of aromatic nitrogens is 4. The van der Waals surface area contributed by atoms with Crippen LogP contribution >= 0.6 is 15.9 Å². The number of amides is 1. The van der Waals surface area contributed by atoms with Crippen LogP contribution in [0.1, 0.15) is 5.76 Å². The van der Waals surface area contributed by atoms with E-state index in [1.165, 1.54) is 10.9 Å². The smallest absolute Gasteiger partial charge is 0.274 e. The maximum Gasteiger partial charge on any atom is 0.274 e. The van der Waals surface area contributed by atoms with Gasteiger partial charge in [-0.1, -0.05) is 46.3 Å². The summed E-state index contributed by atoms with van der Waals surface area (Å²) in [5.74, 6) is 0.586. The van der Waals surface area contributed by atoms with Crippen molar-refractivity contribution < 1.29 is 9.21 Å². The van der Waals surface area contributed by atoms with Crippen LogP contribution in [0.15, 0.2) is 81.9 Å². The van der Waals surface area contributed by atoms with Gasteiger partial charge in [-0.05, 0) is 46.8 Å². The Morgan fingerprint density at radius 2 is 1.82 bits per heavy atom. The highest BCUT2D eigenvalue weighted by Gasteiger charge is 2.20. The quantitative estimate of drug-likeness (QED) is 0.471. The number of tetrazole rings is 1. The minimum Gasteiger partial charge on any atom is -0.465 e. The summed E-state index contributed by atoms with van der Waals surface area (Å²) in [6.07, 6.45) is 3.13. The molecule has 0 atom stereocenters. The van der Waals surface area contributed by atoms with E-state index < -0.39 is 0 Å². The Bertz CT molecular complexity index is 1100. The Kier molecular flexibility index (Phi) is 5.11. The standard InChI is InChI=1S/C20H14BrN5O2/c21-15-8-10-16(11-9-15)22-20(27)18(13-17-7-4-12-28-17)26-19(23-24-25-26)14-5-2-1-3-6-14/h1-13H,(H,22,27)/b18-13+. The second-order valence-electron chi connectivity index (χ2n) is 5.79. The van der Waals surface area contributed by atoms with Gasteiger partial charge in [0.2, 0.25) is 0 Å². The number of rotatable bonds is 5. The summed E-state index contributed by atoms with van der Waals surface area (Å²) in [7, 11) is 0. The molecule has 2 aromatic carbocycles. The molecule has 2 heterocycles. The minimum absolute atomic E-state index is 0.224. The molecule has 0 saturated carbocycles. The van der Waals surface area contributed by atoms with Crippen LogP contribution in [0, 0.1) is 0 Å². The van der Waals surface area contributed by atoms with E-state index in [4.69, 9.17) is 4.42 Å². The van der Waals surface area contributed by atoms with Gasteiger partial charge >= 0.3 is 0 Å². The molecule has 0 bridgehead atoms. The normalized spacial score (nSPS) is 11.4. The number of carbonyl (C=O) groups is 1. The Hall–Kier alpha value is -3.52. The first-order valence-electron chi connectivity index (χ1n) is 8.37. The van der Waals surface area contributed by atoms with Crippen molar-refractivity contribution in [2.45, 2.75) is 0 Å². The summed E-state index contributed by atoms with van der Waals surface area (Å²) in [6.45, 7) is 0. The molecule has 2 aromatic heterocycles. The van der Waals surface area contributed by atoms with Crippen LogP contribution in [0.2, 0.25) is 0 Å². The van der Waals surface area contributed by atoms with Crippen LogP contribution in [0.3, 0.4) is 0 Å². The number of halogens is 1. The van der Waals surface area contributed by atoms with Gasteiger partial charge in [0.05, 0.1) is 6.26 Å². The molecule has 1 N–H and O–H groups in total. The first-order valence-corrected chi connectivity index (χ1v) is 9.16. The Labute approximate surface area is 168 Å². The zero-order valence-electron chi connectivity index (χ0n) is 14.5. The van der Waals surface area contributed by atoms with E-state index in [0.29, 0.717) is 17.3 Å². The highest BCUT2D eigenvalue weighted by Crippen LogP contribution is 2.22. The molecule has 1 amide bonds. The number of carbonyl (C=O) groups excluding carboxylic acids is 1. The van der Waals surface area contributed by atoms with Crippen molar-refractivity contribution >= 4 is 39.3 Å². The van der Waals surface area contributed by atoms with Crippen molar-refractivity contribution in [3.05, 3.63) is 83.2 Å². The lowest BCUT2D eigenvalue weighted by Crippen LogP contribution is -2.19. The second kappa shape index (κ2) is 8.01. The predicted molar refractivity (Wildman–Crippen MR) is 109 cm³/mol. The van der Waals surface area contributed by atoms with E-state index in [-0.39, 0.29) is 11.6 Å². The van der Waals surface area contributed by atoms with Crippen molar-refractivity contribution in [2.24, 2.45) is 0 Å². The fourth-order valence-electron chi connectivity index (χ4n) is 2.58. The third-order valence-corrected chi connectivity index (χ3v) is 4.42. The summed E-state index contributed by atoms with van der Waals surface area (Å²) in [5, 5.41) is 14.7. The van der Waals surface area contributed by atoms with Crippen LogP contribution in [-0.2, 0) is 4.79 Å². The molecular weight excluding hydrogens is 422 g/mol. The third-order valence-electron chi connectivity index (χ3n) is 3.89. The minimum atomic E-state index is -0.372. The summed E-state index contributed by atoms with van der Waals surface area (Å²) >= 11 is 3.38. The van der Waals surface area contributed by atoms with Crippen LogP contribution < -0.4 is 5.32 Å². The molecule has 138 valence electrons. The number of hydrogen-bond acceptors (Lipinski definition) is 5. The molecule has 0 spiro atoms. The molecule has 0 saturated heterocycles. The van der Waals surface area contributed by atoms with Crippen molar-refractivity contribution in [1.29, 1.82) is 0 Å². The van der Waals surface area contributed by atoms with Crippen LogP contribution in [0.5, 0.6) is 0 Å². The number of anilines is 1. The van der Waals surface area contributed by atoms with E-state index in [2.05, 4.69) is 36.8 Å². The number of hydrogen-bond donors (Lipinski definition) is 1. The molecule has 28 heavy (non-hydrogen) atoms. The molecule has 0 unspecified atom stereocenters. The molecular formula is C20H14BrN5O2. The monoisotopic (exact) mass is 435 g/mol. The number of benzene rings is 2. The first kappa shape index (κ1) is 17.9. The molecule has 7 nitrogen and oxygen atoms in total. The maximum absolute atomic E-state index is 13.1. The molecule has 8 heteroatoms. The Balaban J connectivity index is 1.74. The van der Waals surface area contributed by atoms with Crippen LogP contribution in [0.4, 0.5) is 5.69 Å². The van der Waals surface area contributed by atoms with Gasteiger partial charge in [0, 0.05) is 21.8 Å². The number of furan rings is 1. The fraction of sp³-hybridized carbons (Fsp3) is 0. The number of nitrogens with one attached hydrogen (secondary N) is 1. The number of nitrogens with zero attached hydrogens (tertiary/aromatic N) is 4. The van der Waals surface area contributed by atoms with Gasteiger partial charge in [-0.25, -0.2) is 0 Å². The van der Waals surface area contributed by atoms with Crippen molar-refractivity contribution in [1.82, 2.24) is 20.2 Å². The average molecular weight is 436 g/mol. The Morgan fingerprint density at radius 1 is 1.04 bits per heavy atom. The van der Waals surface area contributed by atoms with Gasteiger partial charge in [0.15, 0.2) is 5.82 Å². The van der Waals surface area contributed by atoms with Gasteiger partial charge in [0.25, 0.3) is 5.91 Å². The van der Waals surface area contributed by atoms with Crippen molar-refractivity contribution in [2.75, 3.05) is 5.32 Å². The van der Waals surface area contributed by atoms with Gasteiger partial charge in [-0.15, -0.1) is 5.10 Å². The average Bonchev–Trinajstić information content (AvgIpc) is 3.40. The van der Waals surface area contributed by atoms with E-state index in [9.17, 15) is 4.79 Å². The molecule has 4 rings (SSSR count). The maximum atomic E-state index is 13.1. The molecule has 0 radical (unpaired) electrons. The van der Waals surface area contributed by atoms with Crippen molar-refractivity contribution in [3.63, 3.8) is 0 Å². The van der Waals surface area contributed by atoms with Crippen LogP contribution in [0.25, 0.3) is 23.2 Å². The van der Waals surface area contributed by atoms with E-state index in [1.54, 1.807) is 30.3 Å². The summed E-state index contributed by atoms with van der Waals surface area (Å²) in [6, 6.07) is 20.2. The van der Waals surface area contributed by atoms with Gasteiger partial charge in [-0.3, -0.25) is 4.79 Å². The van der Waals surface area contributed by atoms with E-state index in [0.717, 1.165) is 10.0 Å².